The third kappa shape index (κ3) is 6.44. The zero-order valence-corrected chi connectivity index (χ0v) is 16.1. The molecule has 25 heavy (non-hydrogen) atoms. The summed E-state index contributed by atoms with van der Waals surface area (Å²) < 4.78 is 26.6. The first-order valence-electron chi connectivity index (χ1n) is 9.18. The van der Waals surface area contributed by atoms with Gasteiger partial charge in [0.05, 0.1) is 5.75 Å². The van der Waals surface area contributed by atoms with Crippen LogP contribution in [0.1, 0.15) is 38.7 Å². The summed E-state index contributed by atoms with van der Waals surface area (Å²) in [5, 5.41) is 2.98. The number of rotatable bonds is 8. The summed E-state index contributed by atoms with van der Waals surface area (Å²) in [7, 11) is -3.26. The van der Waals surface area contributed by atoms with Crippen molar-refractivity contribution in [2.45, 2.75) is 39.5 Å². The molecule has 1 aromatic rings. The van der Waals surface area contributed by atoms with Gasteiger partial charge in [-0.05, 0) is 37.2 Å². The minimum Gasteiger partial charge on any atom is -0.356 e. The molecule has 1 saturated heterocycles. The van der Waals surface area contributed by atoms with Crippen molar-refractivity contribution < 1.29 is 13.2 Å². The van der Waals surface area contributed by atoms with Crippen LogP contribution in [-0.4, -0.2) is 44.0 Å². The second kappa shape index (κ2) is 9.34. The lowest BCUT2D eigenvalue weighted by Gasteiger charge is -2.30. The number of aryl methyl sites for hydroxylation is 1. The van der Waals surface area contributed by atoms with Crippen LogP contribution in [0.5, 0.6) is 0 Å². The van der Waals surface area contributed by atoms with Gasteiger partial charge in [0.2, 0.25) is 15.9 Å². The number of amides is 1. The van der Waals surface area contributed by atoms with Gasteiger partial charge in [-0.1, -0.05) is 44.2 Å². The predicted octanol–water partition coefficient (Wildman–Crippen LogP) is 2.43. The number of hydrogen-bond donors (Lipinski definition) is 1. The van der Waals surface area contributed by atoms with Crippen LogP contribution in [-0.2, 0) is 21.2 Å². The van der Waals surface area contributed by atoms with E-state index in [0.717, 1.165) is 12.0 Å². The quantitative estimate of drug-likeness (QED) is 0.768. The van der Waals surface area contributed by atoms with E-state index in [4.69, 9.17) is 0 Å². The Kier molecular flexibility index (Phi) is 7.44. The van der Waals surface area contributed by atoms with Gasteiger partial charge in [-0.15, -0.1) is 0 Å². The number of sulfonamides is 1. The van der Waals surface area contributed by atoms with Gasteiger partial charge in [0, 0.05) is 25.6 Å². The van der Waals surface area contributed by atoms with Crippen molar-refractivity contribution in [1.29, 1.82) is 0 Å². The SMILES string of the molecule is CC(C)CCNC(=O)C1CCN(S(=O)(=O)CCc2ccccc2)CC1. The molecule has 0 aliphatic carbocycles. The largest absolute Gasteiger partial charge is 0.356 e. The third-order valence-corrected chi connectivity index (χ3v) is 6.60. The average molecular weight is 367 g/mol. The van der Waals surface area contributed by atoms with E-state index in [-0.39, 0.29) is 17.6 Å². The molecule has 0 spiro atoms. The Hall–Kier alpha value is -1.40. The van der Waals surface area contributed by atoms with E-state index >= 15 is 0 Å². The maximum Gasteiger partial charge on any atom is 0.223 e. The maximum atomic E-state index is 12.5. The van der Waals surface area contributed by atoms with Gasteiger partial charge in [0.1, 0.15) is 0 Å². The number of hydrogen-bond acceptors (Lipinski definition) is 3. The fourth-order valence-electron chi connectivity index (χ4n) is 3.05. The lowest BCUT2D eigenvalue weighted by molar-refractivity contribution is -0.126. The smallest absolute Gasteiger partial charge is 0.223 e. The number of benzene rings is 1. The van der Waals surface area contributed by atoms with Crippen molar-refractivity contribution in [2.24, 2.45) is 11.8 Å². The van der Waals surface area contributed by atoms with Gasteiger partial charge < -0.3 is 5.32 Å². The molecule has 0 unspecified atom stereocenters. The Morgan fingerprint density at radius 3 is 2.44 bits per heavy atom. The average Bonchev–Trinajstić information content (AvgIpc) is 2.61. The van der Waals surface area contributed by atoms with Crippen LogP contribution in [0.15, 0.2) is 30.3 Å². The summed E-state index contributed by atoms with van der Waals surface area (Å²) in [6.45, 7) is 5.85. The normalized spacial score (nSPS) is 16.9. The van der Waals surface area contributed by atoms with Gasteiger partial charge >= 0.3 is 0 Å². The van der Waals surface area contributed by atoms with Crippen LogP contribution < -0.4 is 5.32 Å². The van der Waals surface area contributed by atoms with Crippen molar-refractivity contribution in [3.8, 4) is 0 Å². The number of piperidine rings is 1. The van der Waals surface area contributed by atoms with Crippen LogP contribution in [0, 0.1) is 11.8 Å². The highest BCUT2D eigenvalue weighted by molar-refractivity contribution is 7.89. The van der Waals surface area contributed by atoms with E-state index in [1.165, 1.54) is 0 Å². The monoisotopic (exact) mass is 366 g/mol. The minimum absolute atomic E-state index is 0.0623. The summed E-state index contributed by atoms with van der Waals surface area (Å²) in [4.78, 5) is 12.2. The van der Waals surface area contributed by atoms with E-state index < -0.39 is 10.0 Å². The van der Waals surface area contributed by atoms with E-state index in [1.54, 1.807) is 4.31 Å². The second-order valence-corrected chi connectivity index (χ2v) is 9.29. The Bertz CT molecular complexity index is 636. The van der Waals surface area contributed by atoms with E-state index in [0.29, 0.717) is 44.8 Å². The molecule has 0 aromatic heterocycles. The Morgan fingerprint density at radius 2 is 1.84 bits per heavy atom. The number of carbonyl (C=O) groups is 1. The van der Waals surface area contributed by atoms with Crippen molar-refractivity contribution >= 4 is 15.9 Å². The van der Waals surface area contributed by atoms with E-state index in [2.05, 4.69) is 19.2 Å². The molecule has 1 aromatic carbocycles. The third-order valence-electron chi connectivity index (χ3n) is 4.73. The van der Waals surface area contributed by atoms with Crippen LogP contribution in [0.2, 0.25) is 0 Å². The van der Waals surface area contributed by atoms with Gasteiger partial charge in [-0.25, -0.2) is 12.7 Å². The minimum atomic E-state index is -3.26. The molecule has 0 bridgehead atoms. The topological polar surface area (TPSA) is 66.5 Å². The molecule has 1 aliphatic rings. The van der Waals surface area contributed by atoms with Crippen LogP contribution >= 0.6 is 0 Å². The number of nitrogens with one attached hydrogen (secondary N) is 1. The first-order valence-corrected chi connectivity index (χ1v) is 10.8. The highest BCUT2D eigenvalue weighted by Gasteiger charge is 2.30. The summed E-state index contributed by atoms with van der Waals surface area (Å²) in [6, 6.07) is 9.66. The van der Waals surface area contributed by atoms with E-state index in [1.807, 2.05) is 30.3 Å². The fourth-order valence-corrected chi connectivity index (χ4v) is 4.56. The fraction of sp³-hybridized carbons (Fsp3) is 0.632. The molecule has 1 aliphatic heterocycles. The molecule has 0 atom stereocenters. The van der Waals surface area contributed by atoms with Crippen LogP contribution in [0.3, 0.4) is 0 Å². The van der Waals surface area contributed by atoms with Crippen LogP contribution in [0.4, 0.5) is 0 Å². The number of carbonyl (C=O) groups excluding carboxylic acids is 1. The van der Waals surface area contributed by atoms with Crippen LogP contribution in [0.25, 0.3) is 0 Å². The summed E-state index contributed by atoms with van der Waals surface area (Å²) in [5.41, 5.74) is 1.03. The maximum absolute atomic E-state index is 12.5. The zero-order chi connectivity index (χ0) is 18.3. The van der Waals surface area contributed by atoms with Gasteiger partial charge in [0.25, 0.3) is 0 Å². The molecule has 1 heterocycles. The van der Waals surface area contributed by atoms with Crippen molar-refractivity contribution in [3.63, 3.8) is 0 Å². The van der Waals surface area contributed by atoms with Gasteiger partial charge in [-0.3, -0.25) is 4.79 Å². The van der Waals surface area contributed by atoms with Gasteiger partial charge in [0.15, 0.2) is 0 Å². The molecular weight excluding hydrogens is 336 g/mol. The molecular formula is C19H30N2O3S. The highest BCUT2D eigenvalue weighted by atomic mass is 32.2. The Balaban J connectivity index is 1.77. The highest BCUT2D eigenvalue weighted by Crippen LogP contribution is 2.20. The molecule has 0 saturated carbocycles. The molecule has 1 fully saturated rings. The summed E-state index contributed by atoms with van der Waals surface area (Å²) >= 11 is 0. The first kappa shape index (κ1) is 19.9. The molecule has 140 valence electrons. The lowest BCUT2D eigenvalue weighted by atomic mass is 9.97. The molecule has 6 heteroatoms. The summed E-state index contributed by atoms with van der Waals surface area (Å²) in [5.74, 6) is 0.703. The van der Waals surface area contributed by atoms with Gasteiger partial charge in [-0.2, -0.15) is 0 Å². The standard InChI is InChI=1S/C19H30N2O3S/c1-16(2)8-12-20-19(22)18-9-13-21(14-10-18)25(23,24)15-11-17-6-4-3-5-7-17/h3-7,16,18H,8-15H2,1-2H3,(H,20,22). The molecule has 1 amide bonds. The summed E-state index contributed by atoms with van der Waals surface area (Å²) in [6.07, 6.45) is 2.72. The van der Waals surface area contributed by atoms with Crippen molar-refractivity contribution in [1.82, 2.24) is 9.62 Å². The van der Waals surface area contributed by atoms with Crippen molar-refractivity contribution in [2.75, 3.05) is 25.4 Å². The number of nitrogens with zero attached hydrogens (tertiary/aromatic N) is 1. The molecule has 1 N–H and O–H groups in total. The Morgan fingerprint density at radius 1 is 1.20 bits per heavy atom. The molecule has 0 radical (unpaired) electrons. The predicted molar refractivity (Wildman–Crippen MR) is 101 cm³/mol. The Labute approximate surface area is 151 Å². The van der Waals surface area contributed by atoms with E-state index in [9.17, 15) is 13.2 Å². The van der Waals surface area contributed by atoms with Crippen molar-refractivity contribution in [3.05, 3.63) is 35.9 Å². The molecule has 5 nitrogen and oxygen atoms in total. The zero-order valence-electron chi connectivity index (χ0n) is 15.3. The lowest BCUT2D eigenvalue weighted by Crippen LogP contribution is -2.44. The second-order valence-electron chi connectivity index (χ2n) is 7.20. The first-order chi connectivity index (χ1) is 11.9. The molecule has 2 rings (SSSR count).